The van der Waals surface area contributed by atoms with Gasteiger partial charge in [-0.3, -0.25) is 4.79 Å². The average molecular weight is 349 g/mol. The van der Waals surface area contributed by atoms with Crippen LogP contribution in [0.3, 0.4) is 0 Å². The highest BCUT2D eigenvalue weighted by Crippen LogP contribution is 2.23. The third-order valence-corrected chi connectivity index (χ3v) is 4.34. The van der Waals surface area contributed by atoms with E-state index in [9.17, 15) is 18.0 Å². The molecule has 0 aliphatic carbocycles. The van der Waals surface area contributed by atoms with Gasteiger partial charge in [0.1, 0.15) is 11.4 Å². The van der Waals surface area contributed by atoms with Crippen LogP contribution in [-0.2, 0) is 13.0 Å². The quantitative estimate of drug-likeness (QED) is 0.798. The molecule has 0 fully saturated rings. The Labute approximate surface area is 133 Å². The summed E-state index contributed by atoms with van der Waals surface area (Å²) in [5.74, 6) is -0.665. The van der Waals surface area contributed by atoms with Gasteiger partial charge in [0, 0.05) is 6.54 Å². The zero-order chi connectivity index (χ0) is 16.2. The van der Waals surface area contributed by atoms with Gasteiger partial charge in [-0.1, -0.05) is 17.8 Å². The SMILES string of the molecule is CCCc1nnsc1C(=O)N(Cc1ccsc1)CC(F)(F)F. The molecule has 9 heteroatoms. The lowest BCUT2D eigenvalue weighted by Gasteiger charge is -2.23. The van der Waals surface area contributed by atoms with E-state index in [0.717, 1.165) is 22.9 Å². The second-order valence-electron chi connectivity index (χ2n) is 4.71. The summed E-state index contributed by atoms with van der Waals surface area (Å²) in [6.07, 6.45) is -3.18. The van der Waals surface area contributed by atoms with Gasteiger partial charge in [0.2, 0.25) is 0 Å². The van der Waals surface area contributed by atoms with Crippen molar-refractivity contribution in [3.8, 4) is 0 Å². The maximum atomic E-state index is 12.8. The van der Waals surface area contributed by atoms with Gasteiger partial charge in [-0.15, -0.1) is 5.10 Å². The highest BCUT2D eigenvalue weighted by atomic mass is 32.1. The van der Waals surface area contributed by atoms with E-state index in [0.29, 0.717) is 17.7 Å². The molecule has 0 aliphatic rings. The van der Waals surface area contributed by atoms with Crippen LogP contribution in [0.15, 0.2) is 16.8 Å². The average Bonchev–Trinajstić information content (AvgIpc) is 3.07. The first-order valence-electron chi connectivity index (χ1n) is 6.59. The van der Waals surface area contributed by atoms with Gasteiger partial charge in [0.15, 0.2) is 0 Å². The molecule has 0 aromatic carbocycles. The predicted molar refractivity (Wildman–Crippen MR) is 79.0 cm³/mol. The van der Waals surface area contributed by atoms with Crippen molar-refractivity contribution in [3.63, 3.8) is 0 Å². The Morgan fingerprint density at radius 2 is 2.18 bits per heavy atom. The van der Waals surface area contributed by atoms with Crippen LogP contribution in [0.25, 0.3) is 0 Å². The molecule has 0 spiro atoms. The van der Waals surface area contributed by atoms with Gasteiger partial charge >= 0.3 is 6.18 Å². The van der Waals surface area contributed by atoms with Crippen LogP contribution in [0, 0.1) is 0 Å². The monoisotopic (exact) mass is 349 g/mol. The van der Waals surface area contributed by atoms with Gasteiger partial charge in [-0.25, -0.2) is 0 Å². The number of hydrogen-bond donors (Lipinski definition) is 0. The van der Waals surface area contributed by atoms with E-state index in [1.807, 2.05) is 6.92 Å². The molecule has 0 unspecified atom stereocenters. The number of carbonyl (C=O) groups excluding carboxylic acids is 1. The molecule has 0 atom stereocenters. The van der Waals surface area contributed by atoms with Gasteiger partial charge in [-0.05, 0) is 40.3 Å². The fraction of sp³-hybridized carbons (Fsp3) is 0.462. The summed E-state index contributed by atoms with van der Waals surface area (Å²) >= 11 is 2.23. The molecule has 2 aromatic heterocycles. The molecule has 0 N–H and O–H groups in total. The van der Waals surface area contributed by atoms with Gasteiger partial charge in [0.25, 0.3) is 5.91 Å². The van der Waals surface area contributed by atoms with E-state index in [1.165, 1.54) is 11.3 Å². The first-order valence-corrected chi connectivity index (χ1v) is 8.30. The molecule has 1 amide bonds. The summed E-state index contributed by atoms with van der Waals surface area (Å²) in [5, 5.41) is 7.34. The Bertz CT molecular complexity index is 610. The van der Waals surface area contributed by atoms with E-state index >= 15 is 0 Å². The second kappa shape index (κ2) is 7.19. The van der Waals surface area contributed by atoms with E-state index in [4.69, 9.17) is 0 Å². The standard InChI is InChI=1S/C13H14F3N3OS2/c1-2-3-10-11(22-18-17-10)12(20)19(8-13(14,15)16)6-9-4-5-21-7-9/h4-5,7H,2-3,6,8H2,1H3. The van der Waals surface area contributed by atoms with Crippen LogP contribution in [0.1, 0.15) is 34.3 Å². The number of carbonyl (C=O) groups is 1. The zero-order valence-electron chi connectivity index (χ0n) is 11.8. The Kier molecular flexibility index (Phi) is 5.52. The smallest absolute Gasteiger partial charge is 0.324 e. The summed E-state index contributed by atoms with van der Waals surface area (Å²) in [7, 11) is 0. The molecule has 0 saturated carbocycles. The van der Waals surface area contributed by atoms with Crippen molar-refractivity contribution in [3.05, 3.63) is 33.0 Å². The zero-order valence-corrected chi connectivity index (χ0v) is 13.4. The summed E-state index contributed by atoms with van der Waals surface area (Å²) in [6.45, 7) is 0.545. The van der Waals surface area contributed by atoms with Crippen molar-refractivity contribution in [1.82, 2.24) is 14.5 Å². The fourth-order valence-electron chi connectivity index (χ4n) is 1.93. The number of aromatic nitrogens is 2. The maximum absolute atomic E-state index is 12.8. The van der Waals surface area contributed by atoms with Crippen LogP contribution >= 0.6 is 22.9 Å². The molecule has 2 heterocycles. The van der Waals surface area contributed by atoms with Crippen molar-refractivity contribution >= 4 is 28.8 Å². The van der Waals surface area contributed by atoms with Crippen LogP contribution in [0.2, 0.25) is 0 Å². The molecule has 2 aromatic rings. The van der Waals surface area contributed by atoms with Gasteiger partial charge < -0.3 is 4.90 Å². The minimum Gasteiger partial charge on any atom is -0.324 e. The topological polar surface area (TPSA) is 46.1 Å². The van der Waals surface area contributed by atoms with Crippen LogP contribution in [0.5, 0.6) is 0 Å². The molecular weight excluding hydrogens is 335 g/mol. The molecular formula is C13H14F3N3OS2. The summed E-state index contributed by atoms with van der Waals surface area (Å²) in [5.41, 5.74) is 1.15. The van der Waals surface area contributed by atoms with Crippen molar-refractivity contribution < 1.29 is 18.0 Å². The molecule has 0 saturated heterocycles. The first kappa shape index (κ1) is 16.9. The fourth-order valence-corrected chi connectivity index (χ4v) is 3.27. The molecule has 0 aliphatic heterocycles. The number of nitrogens with zero attached hydrogens (tertiary/aromatic N) is 3. The Morgan fingerprint density at radius 1 is 1.41 bits per heavy atom. The van der Waals surface area contributed by atoms with Gasteiger partial charge in [-0.2, -0.15) is 24.5 Å². The molecule has 4 nitrogen and oxygen atoms in total. The van der Waals surface area contributed by atoms with E-state index in [1.54, 1.807) is 16.8 Å². The van der Waals surface area contributed by atoms with Crippen molar-refractivity contribution in [2.75, 3.05) is 6.54 Å². The Hall–Kier alpha value is -1.48. The minimum absolute atomic E-state index is 0.0781. The van der Waals surface area contributed by atoms with Crippen LogP contribution in [-0.4, -0.2) is 33.1 Å². The lowest BCUT2D eigenvalue weighted by atomic mass is 10.2. The third-order valence-electron chi connectivity index (χ3n) is 2.85. The number of amides is 1. The summed E-state index contributed by atoms with van der Waals surface area (Å²) in [6, 6.07) is 1.71. The number of hydrogen-bond acceptors (Lipinski definition) is 5. The van der Waals surface area contributed by atoms with Crippen LogP contribution < -0.4 is 0 Å². The highest BCUT2D eigenvalue weighted by Gasteiger charge is 2.34. The lowest BCUT2D eigenvalue weighted by Crippen LogP contribution is -2.38. The molecule has 22 heavy (non-hydrogen) atoms. The molecule has 2 rings (SSSR count). The van der Waals surface area contributed by atoms with Gasteiger partial charge in [0.05, 0.1) is 5.69 Å². The molecule has 0 bridgehead atoms. The summed E-state index contributed by atoms with van der Waals surface area (Å²) < 4.78 is 42.0. The minimum atomic E-state index is -4.45. The number of alkyl halides is 3. The highest BCUT2D eigenvalue weighted by molar-refractivity contribution is 7.08. The van der Waals surface area contributed by atoms with E-state index < -0.39 is 18.6 Å². The molecule has 120 valence electrons. The molecule has 0 radical (unpaired) electrons. The first-order chi connectivity index (χ1) is 10.4. The lowest BCUT2D eigenvalue weighted by molar-refractivity contribution is -0.141. The largest absolute Gasteiger partial charge is 0.406 e. The number of thiophene rings is 1. The second-order valence-corrected chi connectivity index (χ2v) is 6.24. The summed E-state index contributed by atoms with van der Waals surface area (Å²) in [4.78, 5) is 13.5. The maximum Gasteiger partial charge on any atom is 0.406 e. The number of halogens is 3. The normalized spacial score (nSPS) is 11.6. The van der Waals surface area contributed by atoms with Crippen LogP contribution in [0.4, 0.5) is 13.2 Å². The van der Waals surface area contributed by atoms with E-state index in [2.05, 4.69) is 9.59 Å². The predicted octanol–water partition coefficient (Wildman–Crippen LogP) is 3.76. The Morgan fingerprint density at radius 3 is 2.77 bits per heavy atom. The third kappa shape index (κ3) is 4.51. The Balaban J connectivity index is 2.23. The van der Waals surface area contributed by atoms with E-state index in [-0.39, 0.29) is 11.4 Å². The van der Waals surface area contributed by atoms with Crippen molar-refractivity contribution in [2.45, 2.75) is 32.5 Å². The number of rotatable bonds is 6. The number of aryl methyl sites for hydroxylation is 1. The van der Waals surface area contributed by atoms with Crippen molar-refractivity contribution in [2.24, 2.45) is 0 Å². The van der Waals surface area contributed by atoms with Crippen molar-refractivity contribution in [1.29, 1.82) is 0 Å².